The van der Waals surface area contributed by atoms with Crippen LogP contribution < -0.4 is 20.1 Å². The fraction of sp³-hybridized carbons (Fsp3) is 0.385. The molecule has 6 nitrogen and oxygen atoms in total. The third-order valence-electron chi connectivity index (χ3n) is 5.84. The van der Waals surface area contributed by atoms with Crippen molar-refractivity contribution < 1.29 is 22.6 Å². The molecule has 1 atom stereocenters. The zero-order valence-electron chi connectivity index (χ0n) is 19.7. The molecular weight excluding hydrogens is 457 g/mol. The molecule has 2 N–H and O–H groups in total. The summed E-state index contributed by atoms with van der Waals surface area (Å²) in [4.78, 5) is 7.97. The molecule has 1 aromatic heterocycles. The van der Waals surface area contributed by atoms with Gasteiger partial charge in [-0.1, -0.05) is 6.92 Å². The number of ether oxygens (including phenoxy) is 2. The highest BCUT2D eigenvalue weighted by Crippen LogP contribution is 2.36. The Labute approximate surface area is 202 Å². The van der Waals surface area contributed by atoms with E-state index in [-0.39, 0.29) is 24.0 Å². The summed E-state index contributed by atoms with van der Waals surface area (Å²) in [5.41, 5.74) is 0.137. The van der Waals surface area contributed by atoms with Crippen molar-refractivity contribution in [3.8, 4) is 11.5 Å². The molecule has 0 saturated heterocycles. The van der Waals surface area contributed by atoms with Gasteiger partial charge >= 0.3 is 6.18 Å². The van der Waals surface area contributed by atoms with Crippen molar-refractivity contribution in [2.45, 2.75) is 64.3 Å². The Kier molecular flexibility index (Phi) is 7.63. The fourth-order valence-corrected chi connectivity index (χ4v) is 3.76. The first kappa shape index (κ1) is 24.6. The lowest BCUT2D eigenvalue weighted by Crippen LogP contribution is -2.13. The maximum Gasteiger partial charge on any atom is 0.421 e. The van der Waals surface area contributed by atoms with Gasteiger partial charge in [0, 0.05) is 17.6 Å². The van der Waals surface area contributed by atoms with E-state index in [1.54, 1.807) is 48.5 Å². The predicted octanol–water partition coefficient (Wildman–Crippen LogP) is 7.48. The van der Waals surface area contributed by atoms with Crippen molar-refractivity contribution in [1.29, 1.82) is 0 Å². The highest BCUT2D eigenvalue weighted by Gasteiger charge is 2.35. The summed E-state index contributed by atoms with van der Waals surface area (Å²) in [6, 6.07) is 13.9. The maximum absolute atomic E-state index is 13.6. The minimum atomic E-state index is -4.61. The standard InChI is InChI=1S/C26H29F3N4O2/c1-3-17(2)34-21-12-10-19(11-13-21)32-25-30-16-23(26(27,28)29)24(33-25)31-18-8-14-22(15-9-18)35-20-6-4-5-7-20/h8-17,20H,3-7H2,1-2H3,(H2,30,31,32,33). The van der Waals surface area contributed by atoms with Gasteiger partial charge in [0.1, 0.15) is 22.9 Å². The normalized spacial score (nSPS) is 15.0. The molecule has 1 fully saturated rings. The minimum absolute atomic E-state index is 0.0391. The molecule has 186 valence electrons. The maximum atomic E-state index is 13.6. The van der Waals surface area contributed by atoms with Crippen molar-refractivity contribution in [3.63, 3.8) is 0 Å². The highest BCUT2D eigenvalue weighted by molar-refractivity contribution is 5.63. The molecule has 3 aromatic rings. The van der Waals surface area contributed by atoms with Crippen LogP contribution in [0.5, 0.6) is 11.5 Å². The second kappa shape index (κ2) is 10.8. The Morgan fingerprint density at radius 3 is 2.14 bits per heavy atom. The van der Waals surface area contributed by atoms with Gasteiger partial charge in [-0.3, -0.25) is 0 Å². The zero-order valence-corrected chi connectivity index (χ0v) is 19.7. The van der Waals surface area contributed by atoms with Crippen molar-refractivity contribution in [2.24, 2.45) is 0 Å². The number of hydrogen-bond donors (Lipinski definition) is 2. The van der Waals surface area contributed by atoms with Crippen molar-refractivity contribution in [3.05, 3.63) is 60.3 Å². The molecule has 1 aliphatic rings. The van der Waals surface area contributed by atoms with Gasteiger partial charge in [0.25, 0.3) is 0 Å². The molecule has 1 saturated carbocycles. The molecule has 4 rings (SSSR count). The summed E-state index contributed by atoms with van der Waals surface area (Å²) < 4.78 is 52.5. The number of aromatic nitrogens is 2. The number of nitrogens with one attached hydrogen (secondary N) is 2. The van der Waals surface area contributed by atoms with E-state index in [0.717, 1.165) is 38.3 Å². The molecular formula is C26H29F3N4O2. The summed E-state index contributed by atoms with van der Waals surface area (Å²) in [6.45, 7) is 4.01. The second-order valence-electron chi connectivity index (χ2n) is 8.61. The van der Waals surface area contributed by atoms with Gasteiger partial charge in [-0.2, -0.15) is 18.2 Å². The van der Waals surface area contributed by atoms with Crippen molar-refractivity contribution in [2.75, 3.05) is 10.6 Å². The van der Waals surface area contributed by atoms with E-state index in [2.05, 4.69) is 20.6 Å². The number of alkyl halides is 3. The van der Waals surface area contributed by atoms with Crippen LogP contribution in [-0.2, 0) is 6.18 Å². The van der Waals surface area contributed by atoms with Crippen molar-refractivity contribution in [1.82, 2.24) is 9.97 Å². The first-order valence-electron chi connectivity index (χ1n) is 11.8. The molecule has 0 aliphatic heterocycles. The van der Waals surface area contributed by atoms with E-state index < -0.39 is 11.7 Å². The van der Waals surface area contributed by atoms with Crippen LogP contribution in [-0.4, -0.2) is 22.2 Å². The Bertz CT molecular complexity index is 1100. The van der Waals surface area contributed by atoms with E-state index >= 15 is 0 Å². The largest absolute Gasteiger partial charge is 0.491 e. The van der Waals surface area contributed by atoms with Gasteiger partial charge in [0.05, 0.1) is 12.2 Å². The Balaban J connectivity index is 1.49. The highest BCUT2D eigenvalue weighted by atomic mass is 19.4. The van der Waals surface area contributed by atoms with Crippen LogP contribution in [0.3, 0.4) is 0 Å². The van der Waals surface area contributed by atoms with E-state index in [1.807, 2.05) is 13.8 Å². The van der Waals surface area contributed by atoms with E-state index in [1.165, 1.54) is 0 Å². The van der Waals surface area contributed by atoms with Gasteiger partial charge in [-0.15, -0.1) is 0 Å². The quantitative estimate of drug-likeness (QED) is 0.327. The van der Waals surface area contributed by atoms with Crippen LogP contribution in [0.15, 0.2) is 54.7 Å². The molecule has 1 heterocycles. The monoisotopic (exact) mass is 486 g/mol. The number of benzene rings is 2. The number of nitrogens with zero attached hydrogens (tertiary/aromatic N) is 2. The van der Waals surface area contributed by atoms with Gasteiger partial charge in [0.15, 0.2) is 0 Å². The van der Waals surface area contributed by atoms with Crippen LogP contribution in [0, 0.1) is 0 Å². The Hall–Kier alpha value is -3.49. The summed E-state index contributed by atoms with van der Waals surface area (Å²) in [7, 11) is 0. The SMILES string of the molecule is CCC(C)Oc1ccc(Nc2ncc(C(F)(F)F)c(Nc3ccc(OC4CCCC4)cc3)n2)cc1. The lowest BCUT2D eigenvalue weighted by molar-refractivity contribution is -0.137. The molecule has 35 heavy (non-hydrogen) atoms. The lowest BCUT2D eigenvalue weighted by Gasteiger charge is -2.16. The smallest absolute Gasteiger partial charge is 0.421 e. The lowest BCUT2D eigenvalue weighted by atomic mass is 10.2. The number of halogens is 3. The molecule has 9 heteroatoms. The summed E-state index contributed by atoms with van der Waals surface area (Å²) in [5, 5.41) is 5.72. The topological polar surface area (TPSA) is 68.3 Å². The van der Waals surface area contributed by atoms with Crippen LogP contribution in [0.2, 0.25) is 0 Å². The second-order valence-corrected chi connectivity index (χ2v) is 8.61. The van der Waals surface area contributed by atoms with Crippen molar-refractivity contribution >= 4 is 23.1 Å². The third-order valence-corrected chi connectivity index (χ3v) is 5.84. The molecule has 0 radical (unpaired) electrons. The molecule has 0 bridgehead atoms. The minimum Gasteiger partial charge on any atom is -0.491 e. The first-order valence-corrected chi connectivity index (χ1v) is 11.8. The van der Waals surface area contributed by atoms with Crippen LogP contribution >= 0.6 is 0 Å². The molecule has 1 aliphatic carbocycles. The van der Waals surface area contributed by atoms with Gasteiger partial charge in [0.2, 0.25) is 5.95 Å². The van der Waals surface area contributed by atoms with Gasteiger partial charge in [-0.25, -0.2) is 4.98 Å². The van der Waals surface area contributed by atoms with E-state index in [0.29, 0.717) is 22.9 Å². The molecule has 2 aromatic carbocycles. The molecule has 0 spiro atoms. The third kappa shape index (κ3) is 6.77. The van der Waals surface area contributed by atoms with Crippen LogP contribution in [0.4, 0.5) is 36.3 Å². The van der Waals surface area contributed by atoms with Crippen LogP contribution in [0.25, 0.3) is 0 Å². The average molecular weight is 487 g/mol. The Morgan fingerprint density at radius 2 is 1.54 bits per heavy atom. The fourth-order valence-electron chi connectivity index (χ4n) is 3.76. The molecule has 0 amide bonds. The van der Waals surface area contributed by atoms with E-state index in [4.69, 9.17) is 9.47 Å². The Morgan fingerprint density at radius 1 is 0.943 bits per heavy atom. The predicted molar refractivity (Wildman–Crippen MR) is 130 cm³/mol. The van der Waals surface area contributed by atoms with Gasteiger partial charge in [-0.05, 0) is 87.6 Å². The zero-order chi connectivity index (χ0) is 24.8. The number of hydrogen-bond acceptors (Lipinski definition) is 6. The number of rotatable bonds is 9. The molecule has 1 unspecified atom stereocenters. The number of anilines is 4. The van der Waals surface area contributed by atoms with Crippen LogP contribution in [0.1, 0.15) is 51.5 Å². The summed E-state index contributed by atoms with van der Waals surface area (Å²) in [5.74, 6) is 1.11. The average Bonchev–Trinajstić information content (AvgIpc) is 3.34. The first-order chi connectivity index (χ1) is 16.8. The van der Waals surface area contributed by atoms with Gasteiger partial charge < -0.3 is 20.1 Å². The summed E-state index contributed by atoms with van der Waals surface area (Å²) >= 11 is 0. The van der Waals surface area contributed by atoms with E-state index in [9.17, 15) is 13.2 Å². The summed E-state index contributed by atoms with van der Waals surface area (Å²) in [6.07, 6.45) is 1.71.